The van der Waals surface area contributed by atoms with Crippen molar-refractivity contribution in [3.05, 3.63) is 10.6 Å². The predicted octanol–water partition coefficient (Wildman–Crippen LogP) is 2.76. The molecular formula is C17H25N3OS. The van der Waals surface area contributed by atoms with Crippen molar-refractivity contribution in [2.24, 2.45) is 29.6 Å². The number of carbonyl (C=O) groups excluding carboxylic acids is 1. The third-order valence-electron chi connectivity index (χ3n) is 6.19. The van der Waals surface area contributed by atoms with E-state index in [9.17, 15) is 4.79 Å². The van der Waals surface area contributed by atoms with E-state index in [4.69, 9.17) is 5.73 Å². The highest BCUT2D eigenvalue weighted by atomic mass is 32.1. The maximum atomic E-state index is 12.2. The third-order valence-corrected chi connectivity index (χ3v) is 7.17. The average Bonchev–Trinajstić information content (AvgIpc) is 2.75. The van der Waals surface area contributed by atoms with E-state index in [1.54, 1.807) is 0 Å². The fraction of sp³-hybridized carbons (Fsp3) is 0.765. The highest BCUT2D eigenvalue weighted by molar-refractivity contribution is 7.15. The molecular weight excluding hydrogens is 294 g/mol. The summed E-state index contributed by atoms with van der Waals surface area (Å²) in [5, 5.41) is 3.75. The Kier molecular flexibility index (Phi) is 3.63. The normalized spacial score (nSPS) is 35.8. The molecule has 4 saturated carbocycles. The highest BCUT2D eigenvalue weighted by Crippen LogP contribution is 2.56. The molecule has 4 aliphatic rings. The van der Waals surface area contributed by atoms with E-state index in [0.717, 1.165) is 46.7 Å². The van der Waals surface area contributed by atoms with E-state index in [-0.39, 0.29) is 5.91 Å². The first-order valence-corrected chi connectivity index (χ1v) is 9.38. The fourth-order valence-corrected chi connectivity index (χ4v) is 6.26. The number of nitrogens with two attached hydrogens (primary N) is 1. The van der Waals surface area contributed by atoms with Crippen LogP contribution in [0.3, 0.4) is 0 Å². The van der Waals surface area contributed by atoms with Gasteiger partial charge in [-0.25, -0.2) is 4.98 Å². The topological polar surface area (TPSA) is 68.0 Å². The lowest BCUT2D eigenvalue weighted by Crippen LogP contribution is -2.49. The van der Waals surface area contributed by atoms with Crippen LogP contribution in [0.5, 0.6) is 0 Å². The van der Waals surface area contributed by atoms with Crippen LogP contribution in [-0.4, -0.2) is 17.4 Å². The molecule has 4 aliphatic carbocycles. The summed E-state index contributed by atoms with van der Waals surface area (Å²) in [4.78, 5) is 17.4. The second kappa shape index (κ2) is 5.52. The SMILES string of the molecule is Cc1nc(N)sc1CC(=O)NCC1C2CC3CC(C2)CC1C3. The second-order valence-corrected chi connectivity index (χ2v) is 8.75. The monoisotopic (exact) mass is 319 g/mol. The number of rotatable bonds is 4. The lowest BCUT2D eigenvalue weighted by molar-refractivity contribution is -0.121. The van der Waals surface area contributed by atoms with Crippen LogP contribution in [-0.2, 0) is 11.2 Å². The van der Waals surface area contributed by atoms with Gasteiger partial charge in [-0.05, 0) is 68.6 Å². The molecule has 1 heterocycles. The number of nitrogens with one attached hydrogen (secondary N) is 1. The Morgan fingerprint density at radius 2 is 1.86 bits per heavy atom. The first-order valence-electron chi connectivity index (χ1n) is 8.57. The summed E-state index contributed by atoms with van der Waals surface area (Å²) in [6.07, 6.45) is 7.57. The van der Waals surface area contributed by atoms with Crippen LogP contribution in [0.15, 0.2) is 0 Å². The van der Waals surface area contributed by atoms with Gasteiger partial charge in [0.1, 0.15) is 0 Å². The number of aromatic nitrogens is 1. The van der Waals surface area contributed by atoms with Gasteiger partial charge in [0.15, 0.2) is 5.13 Å². The molecule has 0 spiro atoms. The zero-order valence-electron chi connectivity index (χ0n) is 13.2. The van der Waals surface area contributed by atoms with E-state index in [1.165, 1.54) is 43.4 Å². The molecule has 4 fully saturated rings. The lowest BCUT2D eigenvalue weighted by Gasteiger charge is -2.54. The Balaban J connectivity index is 1.33. The van der Waals surface area contributed by atoms with E-state index in [1.807, 2.05) is 6.92 Å². The molecule has 0 unspecified atom stereocenters. The first-order chi connectivity index (χ1) is 10.6. The molecule has 5 rings (SSSR count). The minimum Gasteiger partial charge on any atom is -0.375 e. The summed E-state index contributed by atoms with van der Waals surface area (Å²) in [5.74, 6) is 4.59. The molecule has 0 aliphatic heterocycles. The molecule has 4 nitrogen and oxygen atoms in total. The summed E-state index contributed by atoms with van der Waals surface area (Å²) < 4.78 is 0. The van der Waals surface area contributed by atoms with Crippen molar-refractivity contribution in [1.29, 1.82) is 0 Å². The van der Waals surface area contributed by atoms with Gasteiger partial charge in [-0.3, -0.25) is 4.79 Å². The largest absolute Gasteiger partial charge is 0.375 e. The lowest BCUT2D eigenvalue weighted by atomic mass is 9.52. The molecule has 120 valence electrons. The minimum atomic E-state index is 0.126. The van der Waals surface area contributed by atoms with Gasteiger partial charge in [0.2, 0.25) is 5.91 Å². The van der Waals surface area contributed by atoms with E-state index in [0.29, 0.717) is 11.6 Å². The molecule has 22 heavy (non-hydrogen) atoms. The maximum Gasteiger partial charge on any atom is 0.225 e. The number of amides is 1. The molecule has 5 heteroatoms. The first kappa shape index (κ1) is 14.5. The van der Waals surface area contributed by atoms with Gasteiger partial charge in [-0.1, -0.05) is 0 Å². The van der Waals surface area contributed by atoms with Crippen LogP contribution >= 0.6 is 11.3 Å². The smallest absolute Gasteiger partial charge is 0.225 e. The van der Waals surface area contributed by atoms with E-state index in [2.05, 4.69) is 10.3 Å². The molecule has 4 bridgehead atoms. The Morgan fingerprint density at radius 3 is 2.41 bits per heavy atom. The van der Waals surface area contributed by atoms with Gasteiger partial charge < -0.3 is 11.1 Å². The van der Waals surface area contributed by atoms with Crippen LogP contribution in [0.1, 0.15) is 42.7 Å². The third kappa shape index (κ3) is 2.64. The minimum absolute atomic E-state index is 0.126. The average molecular weight is 319 g/mol. The Bertz CT molecular complexity index is 554. The van der Waals surface area contributed by atoms with Gasteiger partial charge >= 0.3 is 0 Å². The van der Waals surface area contributed by atoms with Crippen LogP contribution < -0.4 is 11.1 Å². The molecule has 0 atom stereocenters. The van der Waals surface area contributed by atoms with Crippen LogP contribution in [0.25, 0.3) is 0 Å². The summed E-state index contributed by atoms with van der Waals surface area (Å²) in [6.45, 7) is 2.80. The van der Waals surface area contributed by atoms with Gasteiger partial charge in [0, 0.05) is 11.4 Å². The molecule has 1 amide bonds. The van der Waals surface area contributed by atoms with Gasteiger partial charge in [0.05, 0.1) is 12.1 Å². The van der Waals surface area contributed by atoms with Crippen molar-refractivity contribution in [1.82, 2.24) is 10.3 Å². The molecule has 1 aromatic heterocycles. The van der Waals surface area contributed by atoms with E-state index >= 15 is 0 Å². The second-order valence-electron chi connectivity index (χ2n) is 7.64. The van der Waals surface area contributed by atoms with Crippen LogP contribution in [0, 0.1) is 36.5 Å². The van der Waals surface area contributed by atoms with Crippen molar-refractivity contribution in [3.8, 4) is 0 Å². The van der Waals surface area contributed by atoms with Gasteiger partial charge in [0.25, 0.3) is 0 Å². The number of nitrogens with zero attached hydrogens (tertiary/aromatic N) is 1. The highest BCUT2D eigenvalue weighted by Gasteiger charge is 2.47. The molecule has 0 saturated heterocycles. The molecule has 1 aromatic rings. The quantitative estimate of drug-likeness (QED) is 0.896. The van der Waals surface area contributed by atoms with Crippen molar-refractivity contribution in [3.63, 3.8) is 0 Å². The summed E-state index contributed by atoms with van der Waals surface area (Å²) in [7, 11) is 0. The van der Waals surface area contributed by atoms with Crippen molar-refractivity contribution < 1.29 is 4.79 Å². The van der Waals surface area contributed by atoms with Crippen LogP contribution in [0.4, 0.5) is 5.13 Å². The summed E-state index contributed by atoms with van der Waals surface area (Å²) in [6, 6.07) is 0. The van der Waals surface area contributed by atoms with E-state index < -0.39 is 0 Å². The Hall–Kier alpha value is -1.10. The Labute approximate surface area is 135 Å². The molecule has 3 N–H and O–H groups in total. The molecule has 0 radical (unpaired) electrons. The zero-order valence-corrected chi connectivity index (χ0v) is 14.0. The van der Waals surface area contributed by atoms with Crippen LogP contribution in [0.2, 0.25) is 0 Å². The zero-order chi connectivity index (χ0) is 15.3. The number of anilines is 1. The van der Waals surface area contributed by atoms with Crippen molar-refractivity contribution >= 4 is 22.4 Å². The summed E-state index contributed by atoms with van der Waals surface area (Å²) >= 11 is 1.43. The number of thiazole rings is 1. The standard InChI is InChI=1S/C17H25N3OS/c1-9-15(22-17(18)20-9)7-16(21)19-8-14-12-3-10-2-11(5-12)6-13(14)4-10/h10-14H,2-8H2,1H3,(H2,18,20)(H,19,21). The van der Waals surface area contributed by atoms with Crippen molar-refractivity contribution in [2.45, 2.75) is 45.4 Å². The predicted molar refractivity (Wildman–Crippen MR) is 88.5 cm³/mol. The maximum absolute atomic E-state index is 12.2. The number of carbonyl (C=O) groups is 1. The molecule has 0 aromatic carbocycles. The number of hydrogen-bond donors (Lipinski definition) is 2. The fourth-order valence-electron chi connectivity index (χ4n) is 5.43. The van der Waals surface area contributed by atoms with Crippen molar-refractivity contribution in [2.75, 3.05) is 12.3 Å². The van der Waals surface area contributed by atoms with Gasteiger partial charge in [-0.15, -0.1) is 11.3 Å². The summed E-state index contributed by atoms with van der Waals surface area (Å²) in [5.41, 5.74) is 6.60. The number of nitrogen functional groups attached to an aromatic ring is 1. The van der Waals surface area contributed by atoms with Gasteiger partial charge in [-0.2, -0.15) is 0 Å². The number of hydrogen-bond acceptors (Lipinski definition) is 4. The Morgan fingerprint density at radius 1 is 1.23 bits per heavy atom. The number of aryl methyl sites for hydroxylation is 1.